The van der Waals surface area contributed by atoms with Crippen molar-refractivity contribution in [3.05, 3.63) is 47.0 Å². The molecular formula is C15H18N2O2S. The summed E-state index contributed by atoms with van der Waals surface area (Å²) in [5.74, 6) is -0.257. The fourth-order valence-corrected chi connectivity index (χ4v) is 2.75. The molecule has 2 rings (SSSR count). The number of thiazole rings is 1. The normalized spacial score (nSPS) is 10.3. The Balaban J connectivity index is 2.06. The zero-order chi connectivity index (χ0) is 14.4. The van der Waals surface area contributed by atoms with Crippen molar-refractivity contribution in [2.45, 2.75) is 19.9 Å². The minimum absolute atomic E-state index is 0.232. The van der Waals surface area contributed by atoms with E-state index in [9.17, 15) is 4.79 Å². The van der Waals surface area contributed by atoms with Gasteiger partial charge in [-0.2, -0.15) is 0 Å². The van der Waals surface area contributed by atoms with Crippen LogP contribution >= 0.6 is 11.3 Å². The highest BCUT2D eigenvalue weighted by Crippen LogP contribution is 2.22. The number of esters is 1. The van der Waals surface area contributed by atoms with Crippen LogP contribution in [0, 0.1) is 0 Å². The number of hydrogen-bond acceptors (Lipinski definition) is 5. The maximum Gasteiger partial charge on any atom is 0.311 e. The molecule has 0 unspecified atom stereocenters. The summed E-state index contributed by atoms with van der Waals surface area (Å²) in [6.07, 6.45) is 0.232. The van der Waals surface area contributed by atoms with E-state index in [0.29, 0.717) is 0 Å². The van der Waals surface area contributed by atoms with E-state index in [-0.39, 0.29) is 12.4 Å². The van der Waals surface area contributed by atoms with Crippen LogP contribution in [0.15, 0.2) is 35.7 Å². The van der Waals surface area contributed by atoms with Gasteiger partial charge >= 0.3 is 5.97 Å². The molecule has 0 aliphatic carbocycles. The third-order valence-corrected chi connectivity index (χ3v) is 3.91. The highest BCUT2D eigenvalue weighted by molar-refractivity contribution is 7.13. The Kier molecular flexibility index (Phi) is 5.12. The van der Waals surface area contributed by atoms with Crippen LogP contribution in [0.2, 0.25) is 0 Å². The maximum absolute atomic E-state index is 11.2. The second kappa shape index (κ2) is 7.05. The number of benzene rings is 1. The second-order valence-electron chi connectivity index (χ2n) is 4.37. The summed E-state index contributed by atoms with van der Waals surface area (Å²) in [6, 6.07) is 10.3. The lowest BCUT2D eigenvalue weighted by Crippen LogP contribution is -2.21. The molecule has 0 fully saturated rings. The molecule has 106 valence electrons. The number of rotatable bonds is 6. The van der Waals surface area contributed by atoms with Crippen molar-refractivity contribution in [2.24, 2.45) is 0 Å². The quantitative estimate of drug-likeness (QED) is 0.767. The Hall–Kier alpha value is -1.88. The van der Waals surface area contributed by atoms with Gasteiger partial charge in [-0.25, -0.2) is 4.98 Å². The Morgan fingerprint density at radius 1 is 1.35 bits per heavy atom. The van der Waals surface area contributed by atoms with Crippen molar-refractivity contribution in [1.82, 2.24) is 4.98 Å². The van der Waals surface area contributed by atoms with Crippen LogP contribution in [-0.4, -0.2) is 24.6 Å². The van der Waals surface area contributed by atoms with E-state index in [1.807, 2.05) is 23.6 Å². The van der Waals surface area contributed by atoms with Gasteiger partial charge in [0.2, 0.25) is 0 Å². The summed E-state index contributed by atoms with van der Waals surface area (Å²) in [4.78, 5) is 18.0. The van der Waals surface area contributed by atoms with Crippen LogP contribution in [0.25, 0.3) is 0 Å². The highest BCUT2D eigenvalue weighted by atomic mass is 32.1. The lowest BCUT2D eigenvalue weighted by atomic mass is 10.2. The van der Waals surface area contributed by atoms with Crippen molar-refractivity contribution in [3.63, 3.8) is 0 Å². The zero-order valence-electron chi connectivity index (χ0n) is 11.7. The van der Waals surface area contributed by atoms with Crippen LogP contribution in [0.4, 0.5) is 5.13 Å². The van der Waals surface area contributed by atoms with Gasteiger partial charge in [-0.15, -0.1) is 11.3 Å². The number of carbonyl (C=O) groups is 1. The number of methoxy groups -OCH3 is 1. The van der Waals surface area contributed by atoms with Crippen LogP contribution in [0.3, 0.4) is 0 Å². The lowest BCUT2D eigenvalue weighted by molar-refractivity contribution is -0.139. The number of aromatic nitrogens is 1. The molecule has 2 aromatic rings. The summed E-state index contributed by atoms with van der Waals surface area (Å²) in [5, 5.41) is 2.86. The number of nitrogens with zero attached hydrogens (tertiary/aromatic N) is 2. The van der Waals surface area contributed by atoms with Crippen molar-refractivity contribution in [2.75, 3.05) is 18.6 Å². The Bertz CT molecular complexity index is 554. The van der Waals surface area contributed by atoms with E-state index >= 15 is 0 Å². The molecule has 0 aliphatic heterocycles. The number of carbonyl (C=O) groups excluding carboxylic acids is 1. The number of hydrogen-bond donors (Lipinski definition) is 0. The molecule has 1 aromatic carbocycles. The molecule has 1 heterocycles. The summed E-state index contributed by atoms with van der Waals surface area (Å²) in [5.41, 5.74) is 2.02. The fraction of sp³-hybridized carbons (Fsp3) is 0.333. The lowest BCUT2D eigenvalue weighted by Gasteiger charge is -2.19. The van der Waals surface area contributed by atoms with E-state index in [2.05, 4.69) is 33.7 Å². The van der Waals surface area contributed by atoms with E-state index in [4.69, 9.17) is 0 Å². The molecule has 1 aromatic heterocycles. The third kappa shape index (κ3) is 3.81. The van der Waals surface area contributed by atoms with Crippen LogP contribution in [-0.2, 0) is 22.5 Å². The Morgan fingerprint density at radius 3 is 2.75 bits per heavy atom. The topological polar surface area (TPSA) is 42.4 Å². The first-order valence-corrected chi connectivity index (χ1v) is 7.41. The largest absolute Gasteiger partial charge is 0.469 e. The number of anilines is 1. The van der Waals surface area contributed by atoms with Crippen molar-refractivity contribution in [1.29, 1.82) is 0 Å². The minimum atomic E-state index is -0.257. The molecule has 0 spiro atoms. The molecule has 0 N–H and O–H groups in total. The first kappa shape index (κ1) is 14.5. The van der Waals surface area contributed by atoms with Gasteiger partial charge in [0.05, 0.1) is 19.2 Å². The van der Waals surface area contributed by atoms with Gasteiger partial charge < -0.3 is 9.64 Å². The van der Waals surface area contributed by atoms with Crippen LogP contribution < -0.4 is 4.90 Å². The summed E-state index contributed by atoms with van der Waals surface area (Å²) >= 11 is 1.56. The SMILES string of the molecule is CCN(Cc1ccccc1)c1nc(CC(=O)OC)cs1. The molecule has 0 saturated carbocycles. The summed E-state index contributed by atoms with van der Waals surface area (Å²) in [7, 11) is 1.39. The Morgan fingerprint density at radius 2 is 2.10 bits per heavy atom. The number of ether oxygens (including phenoxy) is 1. The third-order valence-electron chi connectivity index (χ3n) is 2.96. The molecule has 20 heavy (non-hydrogen) atoms. The summed E-state index contributed by atoms with van der Waals surface area (Å²) in [6.45, 7) is 3.80. The molecule has 0 atom stereocenters. The van der Waals surface area contributed by atoms with Crippen molar-refractivity contribution < 1.29 is 9.53 Å². The van der Waals surface area contributed by atoms with Crippen LogP contribution in [0.5, 0.6) is 0 Å². The van der Waals surface area contributed by atoms with E-state index in [1.165, 1.54) is 12.7 Å². The first-order chi connectivity index (χ1) is 9.72. The van der Waals surface area contributed by atoms with Gasteiger partial charge in [0.25, 0.3) is 0 Å². The maximum atomic E-state index is 11.2. The van der Waals surface area contributed by atoms with Crippen molar-refractivity contribution >= 4 is 22.4 Å². The molecular weight excluding hydrogens is 272 g/mol. The van der Waals surface area contributed by atoms with E-state index in [0.717, 1.165) is 23.9 Å². The zero-order valence-corrected chi connectivity index (χ0v) is 12.5. The van der Waals surface area contributed by atoms with Crippen molar-refractivity contribution in [3.8, 4) is 0 Å². The standard InChI is InChI=1S/C15H18N2O2S/c1-3-17(10-12-7-5-4-6-8-12)15-16-13(11-20-15)9-14(18)19-2/h4-8,11H,3,9-10H2,1-2H3. The van der Waals surface area contributed by atoms with Gasteiger partial charge in [0.15, 0.2) is 5.13 Å². The summed E-state index contributed by atoms with van der Waals surface area (Å²) < 4.78 is 4.66. The molecule has 0 amide bonds. The monoisotopic (exact) mass is 290 g/mol. The molecule has 0 bridgehead atoms. The van der Waals surface area contributed by atoms with Gasteiger partial charge in [-0.05, 0) is 12.5 Å². The predicted octanol–water partition coefficient (Wildman–Crippen LogP) is 2.89. The van der Waals surface area contributed by atoms with Gasteiger partial charge in [0, 0.05) is 18.5 Å². The smallest absolute Gasteiger partial charge is 0.311 e. The highest BCUT2D eigenvalue weighted by Gasteiger charge is 2.12. The minimum Gasteiger partial charge on any atom is -0.469 e. The van der Waals surface area contributed by atoms with Crippen LogP contribution in [0.1, 0.15) is 18.2 Å². The molecule has 0 radical (unpaired) electrons. The average Bonchev–Trinajstić information content (AvgIpc) is 2.94. The first-order valence-electron chi connectivity index (χ1n) is 6.53. The second-order valence-corrected chi connectivity index (χ2v) is 5.21. The van der Waals surface area contributed by atoms with E-state index < -0.39 is 0 Å². The average molecular weight is 290 g/mol. The van der Waals surface area contributed by atoms with Gasteiger partial charge in [0.1, 0.15) is 0 Å². The predicted molar refractivity (Wildman–Crippen MR) is 81.0 cm³/mol. The van der Waals surface area contributed by atoms with E-state index in [1.54, 1.807) is 11.3 Å². The van der Waals surface area contributed by atoms with Gasteiger partial charge in [-0.3, -0.25) is 4.79 Å². The molecule has 4 nitrogen and oxygen atoms in total. The van der Waals surface area contributed by atoms with Gasteiger partial charge in [-0.1, -0.05) is 30.3 Å². The molecule has 0 aliphatic rings. The molecule has 0 saturated heterocycles. The fourth-order valence-electron chi connectivity index (χ4n) is 1.86. The molecule has 5 heteroatoms. The Labute approximate surface area is 123 Å².